The van der Waals surface area contributed by atoms with E-state index in [0.29, 0.717) is 13.0 Å². The van der Waals surface area contributed by atoms with Crippen molar-refractivity contribution < 1.29 is 18.0 Å². The van der Waals surface area contributed by atoms with Gasteiger partial charge >= 0.3 is 6.18 Å². The molecule has 0 radical (unpaired) electrons. The number of amides is 1. The second kappa shape index (κ2) is 7.61. The average Bonchev–Trinajstić information content (AvgIpc) is 3.08. The Morgan fingerprint density at radius 3 is 2.37 bits per heavy atom. The number of carbonyl (C=O) groups excluding carboxylic acids is 1. The zero-order valence-corrected chi connectivity index (χ0v) is 14.5. The monoisotopic (exact) mass is 374 g/mol. The molecule has 0 saturated heterocycles. The fourth-order valence-corrected chi connectivity index (χ4v) is 2.55. The summed E-state index contributed by atoms with van der Waals surface area (Å²) in [6.45, 7) is 0.367. The second-order valence-corrected chi connectivity index (χ2v) is 6.04. The van der Waals surface area contributed by atoms with E-state index in [1.165, 1.54) is 0 Å². The summed E-state index contributed by atoms with van der Waals surface area (Å²) in [5, 5.41) is 6.82. The maximum absolute atomic E-state index is 12.5. The lowest BCUT2D eigenvalue weighted by molar-refractivity contribution is -0.141. The topological polar surface area (TPSA) is 59.8 Å². The van der Waals surface area contributed by atoms with Gasteiger partial charge in [0.15, 0.2) is 0 Å². The molecule has 0 fully saturated rings. The third-order valence-corrected chi connectivity index (χ3v) is 4.01. The Morgan fingerprint density at radius 2 is 1.81 bits per heavy atom. The number of hydrogen-bond acceptors (Lipinski definition) is 3. The Kier molecular flexibility index (Phi) is 5.25. The Balaban J connectivity index is 1.52. The molecule has 0 aliphatic carbocycles. The molecular formula is C19H17F3N4O. The molecule has 1 N–H and O–H groups in total. The third-order valence-electron chi connectivity index (χ3n) is 4.01. The molecule has 1 aromatic carbocycles. The van der Waals surface area contributed by atoms with Crippen LogP contribution in [0.5, 0.6) is 0 Å². The third kappa shape index (κ3) is 4.72. The van der Waals surface area contributed by atoms with Crippen LogP contribution in [0.3, 0.4) is 0 Å². The number of alkyl halides is 3. The molecule has 0 aliphatic heterocycles. The first kappa shape index (κ1) is 18.6. The lowest BCUT2D eigenvalue weighted by Crippen LogP contribution is -2.26. The number of carbonyl (C=O) groups is 1. The molecule has 3 rings (SSSR count). The van der Waals surface area contributed by atoms with E-state index in [-0.39, 0.29) is 5.56 Å². The van der Waals surface area contributed by atoms with E-state index in [2.05, 4.69) is 15.4 Å². The number of hydrogen-bond donors (Lipinski definition) is 1. The van der Waals surface area contributed by atoms with E-state index in [9.17, 15) is 18.0 Å². The summed E-state index contributed by atoms with van der Waals surface area (Å²) in [6.07, 6.45) is 0.728. The first-order chi connectivity index (χ1) is 12.8. The minimum atomic E-state index is -4.52. The molecule has 0 spiro atoms. The van der Waals surface area contributed by atoms with Gasteiger partial charge in [-0.2, -0.15) is 18.3 Å². The Labute approximate surface area is 153 Å². The van der Waals surface area contributed by atoms with Crippen LogP contribution in [0.25, 0.3) is 11.1 Å². The minimum absolute atomic E-state index is 0.0925. The lowest BCUT2D eigenvalue weighted by atomic mass is 10.1. The first-order valence-corrected chi connectivity index (χ1v) is 8.22. The lowest BCUT2D eigenvalue weighted by Gasteiger charge is -2.08. The second-order valence-electron chi connectivity index (χ2n) is 6.04. The number of rotatable bonds is 5. The van der Waals surface area contributed by atoms with Gasteiger partial charge in [-0.25, -0.2) is 0 Å². The van der Waals surface area contributed by atoms with Crippen LogP contribution >= 0.6 is 0 Å². The van der Waals surface area contributed by atoms with Crippen molar-refractivity contribution >= 4 is 5.91 Å². The van der Waals surface area contributed by atoms with E-state index in [4.69, 9.17) is 0 Å². The number of benzene rings is 1. The van der Waals surface area contributed by atoms with Crippen molar-refractivity contribution in [3.05, 3.63) is 71.8 Å². The maximum Gasteiger partial charge on any atom is 0.433 e. The van der Waals surface area contributed by atoms with Crippen molar-refractivity contribution in [3.8, 4) is 11.1 Å². The van der Waals surface area contributed by atoms with Gasteiger partial charge in [0.2, 0.25) is 0 Å². The maximum atomic E-state index is 12.5. The molecule has 8 heteroatoms. The van der Waals surface area contributed by atoms with Gasteiger partial charge in [-0.15, -0.1) is 0 Å². The van der Waals surface area contributed by atoms with Gasteiger partial charge in [0.1, 0.15) is 5.69 Å². The summed E-state index contributed by atoms with van der Waals surface area (Å²) in [5.74, 6) is -0.455. The van der Waals surface area contributed by atoms with Gasteiger partial charge in [-0.3, -0.25) is 14.5 Å². The number of pyridine rings is 1. The summed E-state index contributed by atoms with van der Waals surface area (Å²) < 4.78 is 39.2. The van der Waals surface area contributed by atoms with Gasteiger partial charge in [0, 0.05) is 31.5 Å². The summed E-state index contributed by atoms with van der Waals surface area (Å²) in [6, 6.07) is 9.81. The van der Waals surface area contributed by atoms with E-state index >= 15 is 0 Å². The summed E-state index contributed by atoms with van der Waals surface area (Å²) in [4.78, 5) is 15.3. The van der Waals surface area contributed by atoms with Crippen LogP contribution in [-0.4, -0.2) is 27.2 Å². The fraction of sp³-hybridized carbons (Fsp3) is 0.211. The van der Waals surface area contributed by atoms with Crippen LogP contribution in [0, 0.1) is 0 Å². The van der Waals surface area contributed by atoms with E-state index < -0.39 is 17.8 Å². The van der Waals surface area contributed by atoms with Crippen LogP contribution < -0.4 is 5.32 Å². The molecule has 1 amide bonds. The number of halogens is 3. The molecule has 0 aliphatic rings. The van der Waals surface area contributed by atoms with Crippen molar-refractivity contribution in [2.24, 2.45) is 7.05 Å². The molecule has 0 saturated carbocycles. The Morgan fingerprint density at radius 1 is 1.07 bits per heavy atom. The summed E-state index contributed by atoms with van der Waals surface area (Å²) in [7, 11) is 1.85. The standard InChI is InChI=1S/C19H17F3N4O/c1-26-12-16(11-25-26)14-4-2-13(3-5-14)8-9-23-18(27)15-6-7-17(24-10-15)19(20,21)22/h2-7,10-12H,8-9H2,1H3,(H,23,27). The molecule has 140 valence electrons. The summed E-state index contributed by atoms with van der Waals surface area (Å²) >= 11 is 0. The van der Waals surface area contributed by atoms with Crippen molar-refractivity contribution in [2.75, 3.05) is 6.54 Å². The van der Waals surface area contributed by atoms with Crippen molar-refractivity contribution in [1.29, 1.82) is 0 Å². The quantitative estimate of drug-likeness (QED) is 0.744. The molecule has 5 nitrogen and oxygen atoms in total. The predicted octanol–water partition coefficient (Wildman–Crippen LogP) is 3.47. The SMILES string of the molecule is Cn1cc(-c2ccc(CCNC(=O)c3ccc(C(F)(F)F)nc3)cc2)cn1. The number of aromatic nitrogens is 3. The number of nitrogens with zero attached hydrogens (tertiary/aromatic N) is 3. The Hall–Kier alpha value is -3.16. The number of nitrogens with one attached hydrogen (secondary N) is 1. The summed E-state index contributed by atoms with van der Waals surface area (Å²) in [5.41, 5.74) is 2.18. The highest BCUT2D eigenvalue weighted by atomic mass is 19.4. The van der Waals surface area contributed by atoms with Crippen molar-refractivity contribution in [3.63, 3.8) is 0 Å². The zero-order chi connectivity index (χ0) is 19.4. The highest BCUT2D eigenvalue weighted by Crippen LogP contribution is 2.27. The molecule has 27 heavy (non-hydrogen) atoms. The van der Waals surface area contributed by atoms with Crippen LogP contribution in [0.1, 0.15) is 21.6 Å². The van der Waals surface area contributed by atoms with Crippen molar-refractivity contribution in [1.82, 2.24) is 20.1 Å². The molecule has 0 bridgehead atoms. The average molecular weight is 374 g/mol. The molecule has 3 aromatic rings. The molecule has 0 unspecified atom stereocenters. The first-order valence-electron chi connectivity index (χ1n) is 8.22. The normalized spacial score (nSPS) is 11.4. The number of aryl methyl sites for hydroxylation is 1. The van der Waals surface area contributed by atoms with Crippen LogP contribution in [0.4, 0.5) is 13.2 Å². The van der Waals surface area contributed by atoms with Crippen LogP contribution in [0.2, 0.25) is 0 Å². The van der Waals surface area contributed by atoms with Crippen molar-refractivity contribution in [2.45, 2.75) is 12.6 Å². The van der Waals surface area contributed by atoms with Gasteiger partial charge < -0.3 is 5.32 Å². The van der Waals surface area contributed by atoms with Gasteiger partial charge in [0.25, 0.3) is 5.91 Å². The van der Waals surface area contributed by atoms with Gasteiger partial charge in [-0.1, -0.05) is 24.3 Å². The zero-order valence-electron chi connectivity index (χ0n) is 14.5. The highest BCUT2D eigenvalue weighted by Gasteiger charge is 2.32. The predicted molar refractivity (Wildman–Crippen MR) is 93.9 cm³/mol. The van der Waals surface area contributed by atoms with E-state index in [1.807, 2.05) is 37.5 Å². The largest absolute Gasteiger partial charge is 0.433 e. The van der Waals surface area contributed by atoms with Crippen LogP contribution in [0.15, 0.2) is 55.0 Å². The minimum Gasteiger partial charge on any atom is -0.352 e. The molecule has 2 heterocycles. The molecule has 2 aromatic heterocycles. The van der Waals surface area contributed by atoms with E-state index in [0.717, 1.165) is 35.0 Å². The van der Waals surface area contributed by atoms with Gasteiger partial charge in [0.05, 0.1) is 11.8 Å². The fourth-order valence-electron chi connectivity index (χ4n) is 2.55. The van der Waals surface area contributed by atoms with E-state index in [1.54, 1.807) is 10.9 Å². The molecule has 0 atom stereocenters. The van der Waals surface area contributed by atoms with Gasteiger partial charge in [-0.05, 0) is 29.7 Å². The Bertz CT molecular complexity index is 915. The highest BCUT2D eigenvalue weighted by molar-refractivity contribution is 5.93. The smallest absolute Gasteiger partial charge is 0.352 e. The van der Waals surface area contributed by atoms with Crippen LogP contribution in [-0.2, 0) is 19.6 Å². The molecular weight excluding hydrogens is 357 g/mol.